The van der Waals surface area contributed by atoms with Crippen LogP contribution in [-0.2, 0) is 9.59 Å². The molecule has 2 aliphatic rings. The zero-order valence-corrected chi connectivity index (χ0v) is 10.5. The standard InChI is InChI=1S/C13H21NO4/c15-9-5-4-8(6-9)7-14-12(16)10-2-1-3-11(10)13(17)18/h8-11,15H,1-7H2,(H,14,16)(H,17,18)/t8?,9?,10-,11+/m1/s1. The summed E-state index contributed by atoms with van der Waals surface area (Å²) in [6, 6.07) is 0. The van der Waals surface area contributed by atoms with Crippen molar-refractivity contribution in [1.82, 2.24) is 5.32 Å². The first-order chi connectivity index (χ1) is 8.58. The number of aliphatic hydroxyl groups is 1. The predicted molar refractivity (Wildman–Crippen MR) is 64.8 cm³/mol. The third kappa shape index (κ3) is 3.02. The average molecular weight is 255 g/mol. The number of carboxylic acids is 1. The Kier molecular flexibility index (Phi) is 4.22. The van der Waals surface area contributed by atoms with Gasteiger partial charge in [0.15, 0.2) is 0 Å². The van der Waals surface area contributed by atoms with Crippen LogP contribution in [0.1, 0.15) is 38.5 Å². The van der Waals surface area contributed by atoms with E-state index in [0.29, 0.717) is 25.3 Å². The van der Waals surface area contributed by atoms with Crippen LogP contribution in [0.4, 0.5) is 0 Å². The Hall–Kier alpha value is -1.10. The van der Waals surface area contributed by atoms with Gasteiger partial charge >= 0.3 is 5.97 Å². The van der Waals surface area contributed by atoms with Gasteiger partial charge in [-0.25, -0.2) is 0 Å². The molecule has 2 unspecified atom stereocenters. The van der Waals surface area contributed by atoms with Gasteiger partial charge in [0, 0.05) is 6.54 Å². The topological polar surface area (TPSA) is 86.6 Å². The van der Waals surface area contributed by atoms with E-state index >= 15 is 0 Å². The highest BCUT2D eigenvalue weighted by molar-refractivity contribution is 5.85. The van der Waals surface area contributed by atoms with E-state index in [2.05, 4.69) is 5.32 Å². The van der Waals surface area contributed by atoms with Gasteiger partial charge < -0.3 is 15.5 Å². The van der Waals surface area contributed by atoms with Crippen molar-refractivity contribution in [2.75, 3.05) is 6.54 Å². The molecule has 0 radical (unpaired) electrons. The second-order valence-electron chi connectivity index (χ2n) is 5.56. The Morgan fingerprint density at radius 2 is 1.83 bits per heavy atom. The second kappa shape index (κ2) is 5.69. The predicted octanol–water partition coefficient (Wildman–Crippen LogP) is 0.764. The van der Waals surface area contributed by atoms with E-state index in [1.54, 1.807) is 0 Å². The van der Waals surface area contributed by atoms with Gasteiger partial charge in [0.25, 0.3) is 0 Å². The van der Waals surface area contributed by atoms with Crippen molar-refractivity contribution < 1.29 is 19.8 Å². The van der Waals surface area contributed by atoms with Gasteiger partial charge in [-0.1, -0.05) is 6.42 Å². The van der Waals surface area contributed by atoms with Crippen LogP contribution in [0.3, 0.4) is 0 Å². The van der Waals surface area contributed by atoms with Gasteiger partial charge in [0.1, 0.15) is 0 Å². The third-order valence-electron chi connectivity index (χ3n) is 4.25. The highest BCUT2D eigenvalue weighted by Crippen LogP contribution is 2.32. The largest absolute Gasteiger partial charge is 0.481 e. The van der Waals surface area contributed by atoms with Crippen molar-refractivity contribution in [2.24, 2.45) is 17.8 Å². The van der Waals surface area contributed by atoms with E-state index in [4.69, 9.17) is 5.11 Å². The average Bonchev–Trinajstić information content (AvgIpc) is 2.94. The fourth-order valence-electron chi connectivity index (χ4n) is 3.18. The summed E-state index contributed by atoms with van der Waals surface area (Å²) in [4.78, 5) is 23.0. The fourth-order valence-corrected chi connectivity index (χ4v) is 3.18. The van der Waals surface area contributed by atoms with Gasteiger partial charge in [-0.2, -0.15) is 0 Å². The van der Waals surface area contributed by atoms with E-state index in [1.165, 1.54) is 0 Å². The minimum Gasteiger partial charge on any atom is -0.481 e. The van der Waals surface area contributed by atoms with Crippen molar-refractivity contribution >= 4 is 11.9 Å². The Morgan fingerprint density at radius 3 is 2.44 bits per heavy atom. The molecule has 0 bridgehead atoms. The van der Waals surface area contributed by atoms with E-state index in [0.717, 1.165) is 25.7 Å². The number of carbonyl (C=O) groups excluding carboxylic acids is 1. The lowest BCUT2D eigenvalue weighted by atomic mass is 9.95. The van der Waals surface area contributed by atoms with Crippen LogP contribution in [0.2, 0.25) is 0 Å². The van der Waals surface area contributed by atoms with Crippen LogP contribution in [0.15, 0.2) is 0 Å². The highest BCUT2D eigenvalue weighted by Gasteiger charge is 2.37. The molecule has 4 atom stereocenters. The molecule has 102 valence electrons. The molecule has 0 aromatic heterocycles. The summed E-state index contributed by atoms with van der Waals surface area (Å²) in [7, 11) is 0. The molecule has 2 aliphatic carbocycles. The lowest BCUT2D eigenvalue weighted by Crippen LogP contribution is -2.37. The molecule has 0 aromatic carbocycles. The zero-order chi connectivity index (χ0) is 13.1. The second-order valence-corrected chi connectivity index (χ2v) is 5.56. The summed E-state index contributed by atoms with van der Waals surface area (Å²) in [6.45, 7) is 0.568. The van der Waals surface area contributed by atoms with Gasteiger partial charge in [-0.15, -0.1) is 0 Å². The first-order valence-electron chi connectivity index (χ1n) is 6.76. The molecule has 2 rings (SSSR count). The Bertz CT molecular complexity index is 331. The fraction of sp³-hybridized carbons (Fsp3) is 0.846. The number of amides is 1. The molecule has 1 amide bonds. The van der Waals surface area contributed by atoms with E-state index in [9.17, 15) is 14.7 Å². The molecule has 2 saturated carbocycles. The van der Waals surface area contributed by atoms with Crippen LogP contribution in [0.5, 0.6) is 0 Å². The quantitative estimate of drug-likeness (QED) is 0.692. The first kappa shape index (κ1) is 13.3. The van der Waals surface area contributed by atoms with Crippen molar-refractivity contribution in [1.29, 1.82) is 0 Å². The maximum atomic E-state index is 12.0. The minimum absolute atomic E-state index is 0.124. The summed E-state index contributed by atoms with van der Waals surface area (Å²) in [5, 5.41) is 21.3. The summed E-state index contributed by atoms with van der Waals surface area (Å²) < 4.78 is 0. The molecule has 3 N–H and O–H groups in total. The summed E-state index contributed by atoms with van der Waals surface area (Å²) in [5.74, 6) is -1.52. The number of carboxylic acid groups (broad SMARTS) is 1. The highest BCUT2D eigenvalue weighted by atomic mass is 16.4. The number of nitrogens with one attached hydrogen (secondary N) is 1. The number of carbonyl (C=O) groups is 2. The number of aliphatic hydroxyl groups excluding tert-OH is 1. The molecule has 0 spiro atoms. The van der Waals surface area contributed by atoms with Gasteiger partial charge in [0.05, 0.1) is 17.9 Å². The molecule has 5 nitrogen and oxygen atoms in total. The van der Waals surface area contributed by atoms with Crippen LogP contribution in [0.25, 0.3) is 0 Å². The maximum Gasteiger partial charge on any atom is 0.307 e. The third-order valence-corrected chi connectivity index (χ3v) is 4.25. The summed E-state index contributed by atoms with van der Waals surface area (Å²) >= 11 is 0. The normalized spacial score (nSPS) is 35.6. The molecular weight excluding hydrogens is 234 g/mol. The van der Waals surface area contributed by atoms with Crippen LogP contribution in [-0.4, -0.2) is 34.7 Å². The molecule has 5 heteroatoms. The van der Waals surface area contributed by atoms with E-state index in [1.807, 2.05) is 0 Å². The maximum absolute atomic E-state index is 12.0. The van der Waals surface area contributed by atoms with Crippen LogP contribution in [0, 0.1) is 17.8 Å². The van der Waals surface area contributed by atoms with Gasteiger partial charge in [-0.3, -0.25) is 9.59 Å². The molecule has 0 heterocycles. The molecule has 18 heavy (non-hydrogen) atoms. The smallest absolute Gasteiger partial charge is 0.307 e. The number of hydrogen-bond acceptors (Lipinski definition) is 3. The SMILES string of the molecule is O=C(O)[C@H]1CCC[C@H]1C(=O)NCC1CCC(O)C1. The van der Waals surface area contributed by atoms with Crippen molar-refractivity contribution in [3.8, 4) is 0 Å². The Labute approximate surface area is 107 Å². The summed E-state index contributed by atoms with van der Waals surface area (Å²) in [5.41, 5.74) is 0. The monoisotopic (exact) mass is 255 g/mol. The van der Waals surface area contributed by atoms with E-state index in [-0.39, 0.29) is 17.9 Å². The molecule has 0 saturated heterocycles. The molecular formula is C13H21NO4. The number of aliphatic carboxylic acids is 1. The van der Waals surface area contributed by atoms with Crippen molar-refractivity contribution in [3.63, 3.8) is 0 Å². The minimum atomic E-state index is -0.857. The molecule has 0 aliphatic heterocycles. The zero-order valence-electron chi connectivity index (χ0n) is 10.5. The number of hydrogen-bond donors (Lipinski definition) is 3. The van der Waals surface area contributed by atoms with Crippen LogP contribution < -0.4 is 5.32 Å². The molecule has 2 fully saturated rings. The first-order valence-corrected chi connectivity index (χ1v) is 6.76. The lowest BCUT2D eigenvalue weighted by Gasteiger charge is -2.17. The van der Waals surface area contributed by atoms with Gasteiger partial charge in [0.2, 0.25) is 5.91 Å². The summed E-state index contributed by atoms with van der Waals surface area (Å²) in [6.07, 6.45) is 4.36. The van der Waals surface area contributed by atoms with Gasteiger partial charge in [-0.05, 0) is 38.0 Å². The lowest BCUT2D eigenvalue weighted by molar-refractivity contribution is -0.146. The molecule has 0 aromatic rings. The number of rotatable bonds is 4. The Morgan fingerprint density at radius 1 is 1.11 bits per heavy atom. The van der Waals surface area contributed by atoms with Crippen molar-refractivity contribution in [2.45, 2.75) is 44.6 Å². The van der Waals surface area contributed by atoms with Crippen molar-refractivity contribution in [3.05, 3.63) is 0 Å². The van der Waals surface area contributed by atoms with E-state index < -0.39 is 11.9 Å². The Balaban J connectivity index is 1.79. The van der Waals surface area contributed by atoms with Crippen LogP contribution >= 0.6 is 0 Å².